The lowest BCUT2D eigenvalue weighted by Crippen LogP contribution is -2.26. The summed E-state index contributed by atoms with van der Waals surface area (Å²) in [5.74, 6) is -0.124. The summed E-state index contributed by atoms with van der Waals surface area (Å²) in [5.41, 5.74) is 1.68. The topological polar surface area (TPSA) is 46.9 Å². The Morgan fingerprint density at radius 1 is 1.41 bits per heavy atom. The molecule has 0 atom stereocenters. The lowest BCUT2D eigenvalue weighted by Gasteiger charge is -2.03. The quantitative estimate of drug-likeness (QED) is 0.861. The number of carbonyl (C=O) groups excluding carboxylic acids is 1. The molecule has 0 aliphatic carbocycles. The maximum Gasteiger partial charge on any atom is 0.269 e. The molecule has 4 heteroatoms. The third-order valence-electron chi connectivity index (χ3n) is 2.49. The molecule has 0 aromatic carbocycles. The molecule has 0 aliphatic rings. The van der Waals surface area contributed by atoms with Gasteiger partial charge in [-0.2, -0.15) is 0 Å². The molecule has 0 fully saturated rings. The van der Waals surface area contributed by atoms with Crippen molar-refractivity contribution in [1.29, 1.82) is 0 Å². The molecule has 2 aromatic heterocycles. The van der Waals surface area contributed by atoms with Crippen molar-refractivity contribution in [2.75, 3.05) is 6.54 Å². The standard InChI is InChI=1S/C13H15N3O/c1-16-9-6-11(10-16)5-8-15-13(17)12-4-2-3-7-14-12/h2-4,6-7,9-10H,5,8H2,1H3,(H,15,17). The van der Waals surface area contributed by atoms with Crippen molar-refractivity contribution in [2.24, 2.45) is 7.05 Å². The van der Waals surface area contributed by atoms with Crippen molar-refractivity contribution in [3.63, 3.8) is 0 Å². The van der Waals surface area contributed by atoms with Crippen LogP contribution in [-0.4, -0.2) is 22.0 Å². The number of pyridine rings is 1. The Hall–Kier alpha value is -2.10. The molecule has 2 aromatic rings. The van der Waals surface area contributed by atoms with Gasteiger partial charge in [0.1, 0.15) is 5.69 Å². The first kappa shape index (κ1) is 11.4. The zero-order chi connectivity index (χ0) is 12.1. The van der Waals surface area contributed by atoms with Crippen LogP contribution in [0.3, 0.4) is 0 Å². The van der Waals surface area contributed by atoms with Crippen molar-refractivity contribution >= 4 is 5.91 Å². The fourth-order valence-corrected chi connectivity index (χ4v) is 1.62. The Balaban J connectivity index is 1.81. The molecule has 4 nitrogen and oxygen atoms in total. The van der Waals surface area contributed by atoms with E-state index < -0.39 is 0 Å². The van der Waals surface area contributed by atoms with E-state index >= 15 is 0 Å². The lowest BCUT2D eigenvalue weighted by molar-refractivity contribution is 0.0949. The van der Waals surface area contributed by atoms with Crippen LogP contribution >= 0.6 is 0 Å². The van der Waals surface area contributed by atoms with Gasteiger partial charge in [0.2, 0.25) is 0 Å². The molecule has 88 valence electrons. The average molecular weight is 229 g/mol. The molecule has 1 amide bonds. The first-order valence-corrected chi connectivity index (χ1v) is 5.56. The number of nitrogens with one attached hydrogen (secondary N) is 1. The number of carbonyl (C=O) groups is 1. The fraction of sp³-hybridized carbons (Fsp3) is 0.231. The molecule has 2 rings (SSSR count). The lowest BCUT2D eigenvalue weighted by atomic mass is 10.2. The molecule has 0 radical (unpaired) electrons. The van der Waals surface area contributed by atoms with Gasteiger partial charge in [0, 0.05) is 32.2 Å². The number of aryl methyl sites for hydroxylation is 1. The first-order valence-electron chi connectivity index (χ1n) is 5.56. The van der Waals surface area contributed by atoms with Crippen LogP contribution < -0.4 is 5.32 Å². The van der Waals surface area contributed by atoms with Crippen LogP contribution in [0.15, 0.2) is 42.9 Å². The van der Waals surface area contributed by atoms with E-state index in [1.165, 1.54) is 5.56 Å². The third-order valence-corrected chi connectivity index (χ3v) is 2.49. The summed E-state index contributed by atoms with van der Waals surface area (Å²) >= 11 is 0. The Kier molecular flexibility index (Phi) is 3.55. The summed E-state index contributed by atoms with van der Waals surface area (Å²) in [6.45, 7) is 0.624. The second-order valence-corrected chi connectivity index (χ2v) is 3.91. The minimum absolute atomic E-state index is 0.124. The SMILES string of the molecule is Cn1ccc(CCNC(=O)c2ccccn2)c1. The number of hydrogen-bond acceptors (Lipinski definition) is 2. The zero-order valence-electron chi connectivity index (χ0n) is 9.76. The number of nitrogens with zero attached hydrogens (tertiary/aromatic N) is 2. The summed E-state index contributed by atoms with van der Waals surface area (Å²) in [7, 11) is 1.98. The second-order valence-electron chi connectivity index (χ2n) is 3.91. The third kappa shape index (κ3) is 3.17. The monoisotopic (exact) mass is 229 g/mol. The Bertz CT molecular complexity index is 490. The molecular weight excluding hydrogens is 214 g/mol. The second kappa shape index (κ2) is 5.30. The van der Waals surface area contributed by atoms with Gasteiger partial charge in [0.05, 0.1) is 0 Å². The van der Waals surface area contributed by atoms with E-state index in [1.807, 2.05) is 30.1 Å². The molecule has 2 heterocycles. The van der Waals surface area contributed by atoms with Crippen molar-refractivity contribution in [1.82, 2.24) is 14.9 Å². The van der Waals surface area contributed by atoms with Crippen LogP contribution in [0.2, 0.25) is 0 Å². The molecule has 0 saturated carbocycles. The molecule has 0 spiro atoms. The highest BCUT2D eigenvalue weighted by atomic mass is 16.1. The van der Waals surface area contributed by atoms with Crippen molar-refractivity contribution in [3.8, 4) is 0 Å². The van der Waals surface area contributed by atoms with Gasteiger partial charge in [-0.15, -0.1) is 0 Å². The first-order chi connectivity index (χ1) is 8.25. The zero-order valence-corrected chi connectivity index (χ0v) is 9.76. The van der Waals surface area contributed by atoms with Gasteiger partial charge in [0.15, 0.2) is 0 Å². The molecule has 17 heavy (non-hydrogen) atoms. The Morgan fingerprint density at radius 2 is 2.29 bits per heavy atom. The van der Waals surface area contributed by atoms with E-state index in [4.69, 9.17) is 0 Å². The predicted molar refractivity (Wildman–Crippen MR) is 65.7 cm³/mol. The maximum atomic E-state index is 11.7. The van der Waals surface area contributed by atoms with Gasteiger partial charge in [-0.05, 0) is 30.2 Å². The normalized spacial score (nSPS) is 10.2. The Morgan fingerprint density at radius 3 is 2.94 bits per heavy atom. The van der Waals surface area contributed by atoms with Gasteiger partial charge in [-0.25, -0.2) is 0 Å². The largest absolute Gasteiger partial charge is 0.357 e. The highest BCUT2D eigenvalue weighted by Gasteiger charge is 2.04. The number of rotatable bonds is 4. The molecule has 0 bridgehead atoms. The number of amides is 1. The van der Waals surface area contributed by atoms with Crippen LogP contribution in [-0.2, 0) is 13.5 Å². The summed E-state index contributed by atoms with van der Waals surface area (Å²) < 4.78 is 2.00. The maximum absolute atomic E-state index is 11.7. The minimum atomic E-state index is -0.124. The van der Waals surface area contributed by atoms with Crippen molar-refractivity contribution < 1.29 is 4.79 Å². The number of aromatic nitrogens is 2. The molecule has 0 saturated heterocycles. The highest BCUT2D eigenvalue weighted by molar-refractivity contribution is 5.92. The van der Waals surface area contributed by atoms with E-state index in [0.717, 1.165) is 6.42 Å². The summed E-state index contributed by atoms with van der Waals surface area (Å²) in [5, 5.41) is 2.85. The smallest absolute Gasteiger partial charge is 0.269 e. The molecule has 1 N–H and O–H groups in total. The van der Waals surface area contributed by atoms with Gasteiger partial charge in [-0.1, -0.05) is 6.07 Å². The van der Waals surface area contributed by atoms with Crippen LogP contribution in [0, 0.1) is 0 Å². The predicted octanol–water partition coefficient (Wildman–Crippen LogP) is 1.39. The van der Waals surface area contributed by atoms with Gasteiger partial charge in [0.25, 0.3) is 5.91 Å². The van der Waals surface area contributed by atoms with Crippen LogP contribution in [0.25, 0.3) is 0 Å². The molecule has 0 aliphatic heterocycles. The highest BCUT2D eigenvalue weighted by Crippen LogP contribution is 2.00. The molecule has 0 unspecified atom stereocenters. The number of hydrogen-bond donors (Lipinski definition) is 1. The summed E-state index contributed by atoms with van der Waals surface area (Å²) in [4.78, 5) is 15.7. The van der Waals surface area contributed by atoms with Crippen LogP contribution in [0.1, 0.15) is 16.1 Å². The van der Waals surface area contributed by atoms with Crippen LogP contribution in [0.5, 0.6) is 0 Å². The van der Waals surface area contributed by atoms with Gasteiger partial charge < -0.3 is 9.88 Å². The fourth-order valence-electron chi connectivity index (χ4n) is 1.62. The average Bonchev–Trinajstić information content (AvgIpc) is 2.76. The van der Waals surface area contributed by atoms with Gasteiger partial charge in [-0.3, -0.25) is 9.78 Å². The van der Waals surface area contributed by atoms with E-state index in [2.05, 4.69) is 10.3 Å². The van der Waals surface area contributed by atoms with E-state index in [0.29, 0.717) is 12.2 Å². The van der Waals surface area contributed by atoms with Crippen LogP contribution in [0.4, 0.5) is 0 Å². The molecular formula is C13H15N3O. The van der Waals surface area contributed by atoms with Gasteiger partial charge >= 0.3 is 0 Å². The summed E-state index contributed by atoms with van der Waals surface area (Å²) in [6.07, 6.45) is 6.49. The van der Waals surface area contributed by atoms with Crippen molar-refractivity contribution in [2.45, 2.75) is 6.42 Å². The minimum Gasteiger partial charge on any atom is -0.357 e. The van der Waals surface area contributed by atoms with Crippen molar-refractivity contribution in [3.05, 3.63) is 54.1 Å². The Labute approximate surface area is 100 Å². The summed E-state index contributed by atoms with van der Waals surface area (Å²) in [6, 6.07) is 7.35. The van der Waals surface area contributed by atoms with E-state index in [-0.39, 0.29) is 5.91 Å². The van der Waals surface area contributed by atoms with E-state index in [1.54, 1.807) is 24.4 Å². The van der Waals surface area contributed by atoms with E-state index in [9.17, 15) is 4.79 Å².